The SMILES string of the molecule is Cc1cc(C(F)F)ccc1C(F)CNC(=O)c1c(Oc2cccc(C(F)(F)F)c2)cnc2ccccc12. The van der Waals surface area contributed by atoms with Crippen LogP contribution in [0.15, 0.2) is 72.9 Å². The fraction of sp³-hybridized carbons (Fsp3) is 0.185. The number of hydrogen-bond donors (Lipinski definition) is 1. The number of halogens is 6. The van der Waals surface area contributed by atoms with E-state index in [1.54, 1.807) is 24.3 Å². The lowest BCUT2D eigenvalue weighted by molar-refractivity contribution is -0.137. The van der Waals surface area contributed by atoms with Crippen LogP contribution in [-0.2, 0) is 6.18 Å². The molecule has 1 unspecified atom stereocenters. The van der Waals surface area contributed by atoms with Crippen LogP contribution in [0.2, 0.25) is 0 Å². The number of carbonyl (C=O) groups excluding carboxylic acids is 1. The van der Waals surface area contributed by atoms with Crippen LogP contribution in [0.5, 0.6) is 11.5 Å². The molecule has 4 aromatic rings. The van der Waals surface area contributed by atoms with E-state index in [9.17, 15) is 31.1 Å². The van der Waals surface area contributed by atoms with Gasteiger partial charge < -0.3 is 10.1 Å². The maximum atomic E-state index is 15.0. The van der Waals surface area contributed by atoms with Crippen molar-refractivity contribution in [2.24, 2.45) is 0 Å². The molecular weight excluding hydrogens is 498 g/mol. The number of alkyl halides is 6. The number of hydrogen-bond acceptors (Lipinski definition) is 3. The van der Waals surface area contributed by atoms with Crippen molar-refractivity contribution in [3.05, 3.63) is 101 Å². The Balaban J connectivity index is 1.62. The van der Waals surface area contributed by atoms with Crippen molar-refractivity contribution in [3.8, 4) is 11.5 Å². The third-order valence-electron chi connectivity index (χ3n) is 5.68. The summed E-state index contributed by atoms with van der Waals surface area (Å²) in [6.07, 6.45) is -7.78. The molecule has 0 bridgehead atoms. The van der Waals surface area contributed by atoms with Gasteiger partial charge in [-0.2, -0.15) is 13.2 Å². The van der Waals surface area contributed by atoms with Gasteiger partial charge in [0.25, 0.3) is 12.3 Å². The van der Waals surface area contributed by atoms with Gasteiger partial charge in [-0.3, -0.25) is 9.78 Å². The first-order valence-electron chi connectivity index (χ1n) is 11.1. The van der Waals surface area contributed by atoms with Gasteiger partial charge in [-0.25, -0.2) is 13.2 Å². The summed E-state index contributed by atoms with van der Waals surface area (Å²) in [5.74, 6) is -1.03. The van der Waals surface area contributed by atoms with Crippen LogP contribution in [-0.4, -0.2) is 17.4 Å². The molecule has 192 valence electrons. The van der Waals surface area contributed by atoms with Crippen LogP contribution in [0.25, 0.3) is 10.9 Å². The molecular formula is C27H20F6N2O2. The van der Waals surface area contributed by atoms with E-state index >= 15 is 0 Å². The highest BCUT2D eigenvalue weighted by atomic mass is 19.4. The van der Waals surface area contributed by atoms with E-state index in [-0.39, 0.29) is 28.2 Å². The van der Waals surface area contributed by atoms with Crippen molar-refractivity contribution in [1.82, 2.24) is 10.3 Å². The van der Waals surface area contributed by atoms with Gasteiger partial charge in [0.15, 0.2) is 5.75 Å². The number of aromatic nitrogens is 1. The second-order valence-electron chi connectivity index (χ2n) is 8.24. The standard InChI is InChI=1S/C27H20F6N2O2/c1-15-11-16(25(29)30)9-10-19(15)21(28)13-35-26(36)24-20-7-2-3-8-22(20)34-14-23(24)37-18-6-4-5-17(12-18)27(31,32)33/h2-12,14,21,25H,13H2,1H3,(H,35,36). The Kier molecular flexibility index (Phi) is 7.37. The van der Waals surface area contributed by atoms with Crippen molar-refractivity contribution in [3.63, 3.8) is 0 Å². The lowest BCUT2D eigenvalue weighted by Crippen LogP contribution is -2.28. The van der Waals surface area contributed by atoms with Gasteiger partial charge in [0.1, 0.15) is 11.9 Å². The number of para-hydroxylation sites is 1. The fourth-order valence-corrected chi connectivity index (χ4v) is 3.86. The lowest BCUT2D eigenvalue weighted by atomic mass is 10.0. The third kappa shape index (κ3) is 5.84. The third-order valence-corrected chi connectivity index (χ3v) is 5.68. The number of carbonyl (C=O) groups is 1. The summed E-state index contributed by atoms with van der Waals surface area (Å²) in [6.45, 7) is 1.01. The Morgan fingerprint density at radius 3 is 2.46 bits per heavy atom. The zero-order valence-corrected chi connectivity index (χ0v) is 19.3. The van der Waals surface area contributed by atoms with Gasteiger partial charge in [-0.05, 0) is 42.3 Å². The largest absolute Gasteiger partial charge is 0.455 e. The van der Waals surface area contributed by atoms with Gasteiger partial charge in [-0.1, -0.05) is 42.5 Å². The molecule has 0 radical (unpaired) electrons. The first-order chi connectivity index (χ1) is 17.5. The molecule has 0 saturated carbocycles. The summed E-state index contributed by atoms with van der Waals surface area (Å²) in [4.78, 5) is 17.4. The number of pyridine rings is 1. The average Bonchev–Trinajstić information content (AvgIpc) is 2.86. The van der Waals surface area contributed by atoms with Crippen LogP contribution in [0.1, 0.15) is 45.2 Å². The maximum Gasteiger partial charge on any atom is 0.416 e. The minimum Gasteiger partial charge on any atom is -0.455 e. The van der Waals surface area contributed by atoms with Crippen LogP contribution >= 0.6 is 0 Å². The van der Waals surface area contributed by atoms with E-state index < -0.39 is 36.8 Å². The summed E-state index contributed by atoms with van der Waals surface area (Å²) in [6, 6.07) is 14.2. The minimum atomic E-state index is -4.59. The smallest absolute Gasteiger partial charge is 0.416 e. The molecule has 10 heteroatoms. The molecule has 0 spiro atoms. The van der Waals surface area contributed by atoms with Gasteiger partial charge in [0.05, 0.1) is 29.4 Å². The summed E-state index contributed by atoms with van der Waals surface area (Å²) >= 11 is 0. The molecule has 37 heavy (non-hydrogen) atoms. The molecule has 1 N–H and O–H groups in total. The topological polar surface area (TPSA) is 51.2 Å². The molecule has 0 saturated heterocycles. The monoisotopic (exact) mass is 518 g/mol. The summed E-state index contributed by atoms with van der Waals surface area (Å²) in [5.41, 5.74) is -0.346. The van der Waals surface area contributed by atoms with E-state index in [2.05, 4.69) is 10.3 Å². The highest BCUT2D eigenvalue weighted by molar-refractivity contribution is 6.08. The first-order valence-corrected chi connectivity index (χ1v) is 11.1. The Morgan fingerprint density at radius 1 is 1.00 bits per heavy atom. The van der Waals surface area contributed by atoms with E-state index in [0.29, 0.717) is 16.5 Å². The minimum absolute atomic E-state index is 0.0417. The van der Waals surface area contributed by atoms with Gasteiger partial charge in [0.2, 0.25) is 0 Å². The number of aryl methyl sites for hydroxylation is 1. The summed E-state index contributed by atoms with van der Waals surface area (Å²) < 4.78 is 85.8. The number of fused-ring (bicyclic) bond motifs is 1. The number of benzene rings is 3. The number of rotatable bonds is 7. The number of nitrogens with zero attached hydrogens (tertiary/aromatic N) is 1. The van der Waals surface area contributed by atoms with E-state index in [4.69, 9.17) is 4.74 Å². The molecule has 4 nitrogen and oxygen atoms in total. The Bertz CT molecular complexity index is 1440. The molecule has 0 aliphatic rings. The second-order valence-corrected chi connectivity index (χ2v) is 8.24. The zero-order valence-electron chi connectivity index (χ0n) is 19.3. The Hall–Kier alpha value is -4.08. The number of ether oxygens (including phenoxy) is 1. The normalized spacial score (nSPS) is 12.5. The molecule has 4 rings (SSSR count). The van der Waals surface area contributed by atoms with Crippen molar-refractivity contribution in [2.45, 2.75) is 25.7 Å². The second kappa shape index (κ2) is 10.5. The maximum absolute atomic E-state index is 15.0. The molecule has 0 fully saturated rings. The average molecular weight is 518 g/mol. The van der Waals surface area contributed by atoms with Crippen LogP contribution in [0, 0.1) is 6.92 Å². The first kappa shape index (κ1) is 26.0. The summed E-state index contributed by atoms with van der Waals surface area (Å²) in [7, 11) is 0. The number of amides is 1. The van der Waals surface area contributed by atoms with E-state index in [0.717, 1.165) is 18.2 Å². The van der Waals surface area contributed by atoms with Crippen LogP contribution in [0.4, 0.5) is 26.3 Å². The van der Waals surface area contributed by atoms with Crippen LogP contribution in [0.3, 0.4) is 0 Å². The van der Waals surface area contributed by atoms with Crippen molar-refractivity contribution in [1.29, 1.82) is 0 Å². The molecule has 3 aromatic carbocycles. The molecule has 1 aromatic heterocycles. The molecule has 1 atom stereocenters. The summed E-state index contributed by atoms with van der Waals surface area (Å²) in [5, 5.41) is 2.81. The quantitative estimate of drug-likeness (QED) is 0.255. The van der Waals surface area contributed by atoms with Crippen molar-refractivity contribution >= 4 is 16.8 Å². The van der Waals surface area contributed by atoms with Crippen molar-refractivity contribution < 1.29 is 35.9 Å². The zero-order chi connectivity index (χ0) is 26.7. The highest BCUT2D eigenvalue weighted by Gasteiger charge is 2.31. The predicted molar refractivity (Wildman–Crippen MR) is 126 cm³/mol. The van der Waals surface area contributed by atoms with Crippen molar-refractivity contribution in [2.75, 3.05) is 6.54 Å². The lowest BCUT2D eigenvalue weighted by Gasteiger charge is -2.16. The number of nitrogens with one attached hydrogen (secondary N) is 1. The molecule has 0 aliphatic heterocycles. The Labute approximate surface area is 207 Å². The van der Waals surface area contributed by atoms with E-state index in [1.807, 2.05) is 0 Å². The van der Waals surface area contributed by atoms with Crippen LogP contribution < -0.4 is 10.1 Å². The predicted octanol–water partition coefficient (Wildman–Crippen LogP) is 7.73. The molecule has 1 amide bonds. The molecule has 0 aliphatic carbocycles. The highest BCUT2D eigenvalue weighted by Crippen LogP contribution is 2.35. The Morgan fingerprint density at radius 2 is 1.76 bits per heavy atom. The fourth-order valence-electron chi connectivity index (χ4n) is 3.86. The van der Waals surface area contributed by atoms with Gasteiger partial charge >= 0.3 is 6.18 Å². The molecule has 1 heterocycles. The van der Waals surface area contributed by atoms with E-state index in [1.165, 1.54) is 37.4 Å². The van der Waals surface area contributed by atoms with Gasteiger partial charge in [-0.15, -0.1) is 0 Å². The van der Waals surface area contributed by atoms with Gasteiger partial charge in [0, 0.05) is 10.9 Å².